The van der Waals surface area contributed by atoms with Crippen LogP contribution in [0, 0.1) is 6.92 Å². The molecule has 0 atom stereocenters. The highest BCUT2D eigenvalue weighted by atomic mass is 79.9. The Bertz CT molecular complexity index is 920. The van der Waals surface area contributed by atoms with Gasteiger partial charge < -0.3 is 9.30 Å². The molecule has 0 aliphatic heterocycles. The molecule has 0 unspecified atom stereocenters. The minimum Gasteiger partial charge on any atom is -0.484 e. The third kappa shape index (κ3) is 4.83. The number of rotatable bonds is 6. The van der Waals surface area contributed by atoms with Gasteiger partial charge >= 0.3 is 0 Å². The van der Waals surface area contributed by atoms with Gasteiger partial charge in [0.1, 0.15) is 5.75 Å². The summed E-state index contributed by atoms with van der Waals surface area (Å²) in [6.07, 6.45) is 3.59. The Labute approximate surface area is 160 Å². The van der Waals surface area contributed by atoms with Crippen molar-refractivity contribution in [2.45, 2.75) is 6.92 Å². The molecule has 1 N–H and O–H groups in total. The first-order valence-electron chi connectivity index (χ1n) is 8.06. The first-order valence-corrected chi connectivity index (χ1v) is 8.86. The number of hydrazone groups is 1. The quantitative estimate of drug-likeness (QED) is 0.490. The second-order valence-corrected chi connectivity index (χ2v) is 6.58. The standard InChI is InChI=1S/C20H18BrN3O2/c1-15-10-16(13-24(15)18-7-3-2-4-8-18)12-22-23-20(25)14-26-19-9-5-6-17(21)11-19/h2-13H,14H2,1H3,(H,23,25)/b22-12+. The first kappa shape index (κ1) is 17.9. The van der Waals surface area contributed by atoms with Crippen molar-refractivity contribution in [2.24, 2.45) is 5.10 Å². The van der Waals surface area contributed by atoms with Gasteiger partial charge in [-0.2, -0.15) is 5.10 Å². The first-order chi connectivity index (χ1) is 12.6. The summed E-state index contributed by atoms with van der Waals surface area (Å²) >= 11 is 3.36. The molecule has 0 saturated heterocycles. The van der Waals surface area contributed by atoms with Gasteiger partial charge in [0, 0.05) is 27.6 Å². The maximum atomic E-state index is 11.8. The van der Waals surface area contributed by atoms with Crippen LogP contribution in [0.5, 0.6) is 5.75 Å². The monoisotopic (exact) mass is 411 g/mol. The summed E-state index contributed by atoms with van der Waals surface area (Å²) in [7, 11) is 0. The maximum Gasteiger partial charge on any atom is 0.277 e. The topological polar surface area (TPSA) is 55.6 Å². The molecular formula is C20H18BrN3O2. The van der Waals surface area contributed by atoms with Crippen LogP contribution < -0.4 is 10.2 Å². The molecule has 0 spiro atoms. The molecule has 0 saturated carbocycles. The fourth-order valence-electron chi connectivity index (χ4n) is 2.45. The van der Waals surface area contributed by atoms with E-state index in [-0.39, 0.29) is 12.5 Å². The number of carbonyl (C=O) groups excluding carboxylic acids is 1. The van der Waals surface area contributed by atoms with E-state index < -0.39 is 0 Å². The number of nitrogens with zero attached hydrogens (tertiary/aromatic N) is 2. The molecule has 1 amide bonds. The molecule has 132 valence electrons. The SMILES string of the molecule is Cc1cc(/C=N/NC(=O)COc2cccc(Br)c2)cn1-c1ccccc1. The van der Waals surface area contributed by atoms with Gasteiger partial charge in [0.2, 0.25) is 0 Å². The van der Waals surface area contributed by atoms with Crippen molar-refractivity contribution in [3.63, 3.8) is 0 Å². The van der Waals surface area contributed by atoms with Gasteiger partial charge in [-0.05, 0) is 43.3 Å². The molecular weight excluding hydrogens is 394 g/mol. The van der Waals surface area contributed by atoms with Crippen molar-refractivity contribution in [1.29, 1.82) is 0 Å². The molecule has 3 rings (SSSR count). The van der Waals surface area contributed by atoms with Crippen molar-refractivity contribution < 1.29 is 9.53 Å². The highest BCUT2D eigenvalue weighted by Crippen LogP contribution is 2.17. The third-order valence-corrected chi connectivity index (χ3v) is 4.13. The van der Waals surface area contributed by atoms with Crippen LogP contribution in [-0.4, -0.2) is 23.3 Å². The molecule has 3 aromatic rings. The molecule has 1 heterocycles. The Kier molecular flexibility index (Phi) is 5.86. The summed E-state index contributed by atoms with van der Waals surface area (Å²) < 4.78 is 8.38. The van der Waals surface area contributed by atoms with Gasteiger partial charge in [0.25, 0.3) is 5.91 Å². The van der Waals surface area contributed by atoms with Gasteiger partial charge in [0.05, 0.1) is 6.21 Å². The Morgan fingerprint density at radius 1 is 1.19 bits per heavy atom. The average Bonchev–Trinajstić information content (AvgIpc) is 3.01. The zero-order valence-electron chi connectivity index (χ0n) is 14.2. The third-order valence-electron chi connectivity index (χ3n) is 3.64. The molecule has 0 bridgehead atoms. The van der Waals surface area contributed by atoms with Crippen molar-refractivity contribution in [3.8, 4) is 11.4 Å². The highest BCUT2D eigenvalue weighted by Gasteiger charge is 2.04. The molecule has 0 fully saturated rings. The highest BCUT2D eigenvalue weighted by molar-refractivity contribution is 9.10. The van der Waals surface area contributed by atoms with Crippen molar-refractivity contribution >= 4 is 28.1 Å². The smallest absolute Gasteiger partial charge is 0.277 e. The lowest BCUT2D eigenvalue weighted by Gasteiger charge is -2.05. The Morgan fingerprint density at radius 2 is 2.00 bits per heavy atom. The van der Waals surface area contributed by atoms with E-state index in [1.807, 2.05) is 61.7 Å². The lowest BCUT2D eigenvalue weighted by Crippen LogP contribution is -2.24. The van der Waals surface area contributed by atoms with E-state index in [0.717, 1.165) is 21.4 Å². The number of aryl methyl sites for hydroxylation is 1. The fraction of sp³-hybridized carbons (Fsp3) is 0.100. The predicted molar refractivity (Wildman–Crippen MR) is 106 cm³/mol. The minimum atomic E-state index is -0.319. The maximum absolute atomic E-state index is 11.8. The van der Waals surface area contributed by atoms with Crippen LogP contribution >= 0.6 is 15.9 Å². The van der Waals surface area contributed by atoms with Gasteiger partial charge in [-0.25, -0.2) is 5.43 Å². The molecule has 1 aromatic heterocycles. The molecule has 26 heavy (non-hydrogen) atoms. The van der Waals surface area contributed by atoms with Crippen LogP contribution in [0.4, 0.5) is 0 Å². The van der Waals surface area contributed by atoms with E-state index in [2.05, 4.69) is 31.0 Å². The van der Waals surface area contributed by atoms with Gasteiger partial charge in [-0.3, -0.25) is 4.79 Å². The van der Waals surface area contributed by atoms with Crippen LogP contribution in [-0.2, 0) is 4.79 Å². The molecule has 0 aliphatic carbocycles. The average molecular weight is 412 g/mol. The van der Waals surface area contributed by atoms with E-state index in [9.17, 15) is 4.79 Å². The number of hydrogen-bond donors (Lipinski definition) is 1. The predicted octanol–water partition coefficient (Wildman–Crippen LogP) is 4.08. The summed E-state index contributed by atoms with van der Waals surface area (Å²) in [5, 5.41) is 3.99. The number of hydrogen-bond acceptors (Lipinski definition) is 3. The van der Waals surface area contributed by atoms with Crippen molar-refractivity contribution in [2.75, 3.05) is 6.61 Å². The normalized spacial score (nSPS) is 10.8. The second-order valence-electron chi connectivity index (χ2n) is 5.66. The van der Waals surface area contributed by atoms with Crippen molar-refractivity contribution in [3.05, 3.63) is 82.6 Å². The number of amides is 1. The van der Waals surface area contributed by atoms with E-state index in [1.165, 1.54) is 0 Å². The minimum absolute atomic E-state index is 0.0994. The summed E-state index contributed by atoms with van der Waals surface area (Å²) in [6.45, 7) is 1.92. The zero-order valence-corrected chi connectivity index (χ0v) is 15.8. The molecule has 2 aromatic carbocycles. The number of halogens is 1. The van der Waals surface area contributed by atoms with Gasteiger partial charge in [-0.15, -0.1) is 0 Å². The van der Waals surface area contributed by atoms with Gasteiger partial charge in [0.15, 0.2) is 6.61 Å². The number of ether oxygens (including phenoxy) is 1. The van der Waals surface area contributed by atoms with Gasteiger partial charge in [-0.1, -0.05) is 40.2 Å². The number of carbonyl (C=O) groups is 1. The number of nitrogens with one attached hydrogen (secondary N) is 1. The Hall–Kier alpha value is -2.86. The van der Waals surface area contributed by atoms with Crippen molar-refractivity contribution in [1.82, 2.24) is 9.99 Å². The largest absolute Gasteiger partial charge is 0.484 e. The zero-order chi connectivity index (χ0) is 18.4. The lowest BCUT2D eigenvalue weighted by molar-refractivity contribution is -0.123. The summed E-state index contributed by atoms with van der Waals surface area (Å²) in [5.41, 5.74) is 5.54. The summed E-state index contributed by atoms with van der Waals surface area (Å²) in [4.78, 5) is 11.8. The fourth-order valence-corrected chi connectivity index (χ4v) is 2.83. The van der Waals surface area contributed by atoms with E-state index >= 15 is 0 Å². The Balaban J connectivity index is 1.54. The number of benzene rings is 2. The molecule has 6 heteroatoms. The molecule has 0 aliphatic rings. The van der Waals surface area contributed by atoms with E-state index in [0.29, 0.717) is 5.75 Å². The van der Waals surface area contributed by atoms with E-state index in [1.54, 1.807) is 18.3 Å². The summed E-state index contributed by atoms with van der Waals surface area (Å²) in [6, 6.07) is 19.4. The van der Waals surface area contributed by atoms with Crippen LogP contribution in [0.2, 0.25) is 0 Å². The van der Waals surface area contributed by atoms with Crippen LogP contribution in [0.15, 0.2) is 76.4 Å². The number of para-hydroxylation sites is 1. The molecule has 0 radical (unpaired) electrons. The Morgan fingerprint density at radius 3 is 2.77 bits per heavy atom. The summed E-state index contributed by atoms with van der Waals surface area (Å²) in [5.74, 6) is 0.300. The lowest BCUT2D eigenvalue weighted by atomic mass is 10.3. The molecule has 5 nitrogen and oxygen atoms in total. The number of aromatic nitrogens is 1. The van der Waals surface area contributed by atoms with Crippen LogP contribution in [0.3, 0.4) is 0 Å². The second kappa shape index (κ2) is 8.49. The van der Waals surface area contributed by atoms with Crippen LogP contribution in [0.25, 0.3) is 5.69 Å². The van der Waals surface area contributed by atoms with Crippen LogP contribution in [0.1, 0.15) is 11.3 Å². The van der Waals surface area contributed by atoms with E-state index in [4.69, 9.17) is 4.74 Å².